The maximum Gasteiger partial charge on any atom is 0.292 e. The summed E-state index contributed by atoms with van der Waals surface area (Å²) in [7, 11) is -4.11. The molecule has 2 rings (SSSR count). The van der Waals surface area contributed by atoms with E-state index in [2.05, 4.69) is 9.47 Å². The molecule has 0 saturated carbocycles. The average molecular weight is 438 g/mol. The van der Waals surface area contributed by atoms with Crippen molar-refractivity contribution in [2.24, 2.45) is 0 Å². The van der Waals surface area contributed by atoms with Gasteiger partial charge in [0.25, 0.3) is 12.5 Å². The van der Waals surface area contributed by atoms with Gasteiger partial charge < -0.3 is 9.47 Å². The second kappa shape index (κ2) is 7.57. The molecule has 128 valence electrons. The molecule has 0 unspecified atom stereocenters. The Morgan fingerprint density at radius 3 is 1.24 bits per heavy atom. The Morgan fingerprint density at radius 2 is 1.00 bits per heavy atom. The predicted molar refractivity (Wildman–Crippen MR) is 90.9 cm³/mol. The number of nitrogens with zero attached hydrogens (tertiary/aromatic N) is 2. The van der Waals surface area contributed by atoms with Crippen molar-refractivity contribution in [3.05, 3.63) is 44.4 Å². The first-order chi connectivity index (χ1) is 11.7. The molecule has 0 N–H and O–H groups in total. The lowest BCUT2D eigenvalue weighted by molar-refractivity contribution is 0.507. The fourth-order valence-corrected chi connectivity index (χ4v) is 4.56. The molecule has 25 heavy (non-hydrogen) atoms. The molecule has 0 aliphatic rings. The zero-order valence-electron chi connectivity index (χ0n) is 11.8. The van der Waals surface area contributed by atoms with Crippen molar-refractivity contribution in [3.8, 4) is 24.0 Å². The molecule has 0 heterocycles. The van der Waals surface area contributed by atoms with Crippen LogP contribution in [0.4, 0.5) is 0 Å². The summed E-state index contributed by atoms with van der Waals surface area (Å²) in [6.07, 6.45) is 2.79. The van der Waals surface area contributed by atoms with Gasteiger partial charge in [-0.1, -0.05) is 46.4 Å². The fraction of sp³-hybridized carbons (Fsp3) is 0. The molecule has 0 fully saturated rings. The monoisotopic (exact) mass is 436 g/mol. The van der Waals surface area contributed by atoms with E-state index >= 15 is 0 Å². The molecule has 0 bridgehead atoms. The number of hydrogen-bond donors (Lipinski definition) is 0. The summed E-state index contributed by atoms with van der Waals surface area (Å²) in [5.41, 5.74) is 0. The molecular weight excluding hydrogens is 434 g/mol. The van der Waals surface area contributed by atoms with Gasteiger partial charge in [-0.2, -0.15) is 0 Å². The van der Waals surface area contributed by atoms with Crippen LogP contribution in [0.5, 0.6) is 11.5 Å². The van der Waals surface area contributed by atoms with Crippen molar-refractivity contribution < 1.29 is 17.9 Å². The Hall–Kier alpha value is -1.87. The molecule has 0 radical (unpaired) electrons. The first-order valence-electron chi connectivity index (χ1n) is 6.07. The van der Waals surface area contributed by atoms with Gasteiger partial charge >= 0.3 is 0 Å². The zero-order valence-corrected chi connectivity index (χ0v) is 15.6. The van der Waals surface area contributed by atoms with Gasteiger partial charge in [-0.3, -0.25) is 0 Å². The summed E-state index contributed by atoms with van der Waals surface area (Å²) in [6.45, 7) is 0. The molecule has 0 amide bonds. The third-order valence-electron chi connectivity index (χ3n) is 2.86. The third kappa shape index (κ3) is 3.87. The highest BCUT2D eigenvalue weighted by atomic mass is 35.5. The van der Waals surface area contributed by atoms with Crippen molar-refractivity contribution in [2.75, 3.05) is 0 Å². The SMILES string of the molecule is N#COc1c(Cl)cc(S(=O)(=O)c2cc(Cl)c(OC#N)c(Cl)c2)cc1Cl. The van der Waals surface area contributed by atoms with Crippen LogP contribution in [-0.2, 0) is 9.84 Å². The summed E-state index contributed by atoms with van der Waals surface area (Å²) in [5.74, 6) is -0.336. The minimum atomic E-state index is -4.11. The lowest BCUT2D eigenvalue weighted by atomic mass is 10.3. The van der Waals surface area contributed by atoms with E-state index in [1.165, 1.54) is 12.5 Å². The maximum atomic E-state index is 12.7. The van der Waals surface area contributed by atoms with Crippen LogP contribution in [0, 0.1) is 23.0 Å². The molecule has 0 aliphatic carbocycles. The van der Waals surface area contributed by atoms with Crippen LogP contribution < -0.4 is 9.47 Å². The van der Waals surface area contributed by atoms with Crippen LogP contribution in [-0.4, -0.2) is 8.42 Å². The summed E-state index contributed by atoms with van der Waals surface area (Å²) in [6, 6.07) is 4.27. The lowest BCUT2D eigenvalue weighted by Gasteiger charge is -2.10. The van der Waals surface area contributed by atoms with E-state index in [1.54, 1.807) is 0 Å². The highest BCUT2D eigenvalue weighted by Crippen LogP contribution is 2.40. The Bertz CT molecular complexity index is 918. The van der Waals surface area contributed by atoms with E-state index in [4.69, 9.17) is 56.9 Å². The number of rotatable bonds is 4. The molecule has 2 aromatic carbocycles. The van der Waals surface area contributed by atoms with Crippen LogP contribution in [0.3, 0.4) is 0 Å². The van der Waals surface area contributed by atoms with Crippen molar-refractivity contribution in [1.82, 2.24) is 0 Å². The van der Waals surface area contributed by atoms with Crippen LogP contribution in [0.25, 0.3) is 0 Å². The van der Waals surface area contributed by atoms with Gasteiger partial charge in [0.05, 0.1) is 29.9 Å². The van der Waals surface area contributed by atoms with E-state index in [9.17, 15) is 8.42 Å². The first-order valence-corrected chi connectivity index (χ1v) is 9.07. The summed E-state index contributed by atoms with van der Waals surface area (Å²) >= 11 is 23.6. The highest BCUT2D eigenvalue weighted by Gasteiger charge is 2.24. The van der Waals surface area contributed by atoms with Crippen LogP contribution >= 0.6 is 46.4 Å². The van der Waals surface area contributed by atoms with Crippen molar-refractivity contribution in [1.29, 1.82) is 10.5 Å². The van der Waals surface area contributed by atoms with Crippen molar-refractivity contribution in [2.45, 2.75) is 9.79 Å². The quantitative estimate of drug-likeness (QED) is 0.633. The molecule has 0 spiro atoms. The molecular formula is C14H4Cl4N2O4S. The van der Waals surface area contributed by atoms with E-state index in [0.717, 1.165) is 24.3 Å². The van der Waals surface area contributed by atoms with Crippen LogP contribution in [0.1, 0.15) is 0 Å². The summed E-state index contributed by atoms with van der Waals surface area (Å²) in [5, 5.41) is 16.4. The molecule has 6 nitrogen and oxygen atoms in total. The van der Waals surface area contributed by atoms with Gasteiger partial charge in [-0.15, -0.1) is 10.5 Å². The number of hydrogen-bond acceptors (Lipinski definition) is 6. The molecule has 2 aromatic rings. The van der Waals surface area contributed by atoms with Crippen LogP contribution in [0.2, 0.25) is 20.1 Å². The van der Waals surface area contributed by atoms with Gasteiger partial charge in [0.1, 0.15) is 0 Å². The van der Waals surface area contributed by atoms with Gasteiger partial charge in [-0.05, 0) is 24.3 Å². The normalized spacial score (nSPS) is 10.6. The second-order valence-electron chi connectivity index (χ2n) is 4.32. The minimum Gasteiger partial charge on any atom is -0.385 e. The Kier molecular flexibility index (Phi) is 5.89. The number of nitriles is 2. The van der Waals surface area contributed by atoms with Gasteiger partial charge in [0, 0.05) is 0 Å². The Morgan fingerprint density at radius 1 is 0.720 bits per heavy atom. The predicted octanol–water partition coefficient (Wildman–Crippen LogP) is 4.85. The maximum absolute atomic E-state index is 12.7. The second-order valence-corrected chi connectivity index (χ2v) is 7.90. The third-order valence-corrected chi connectivity index (χ3v) is 5.70. The van der Waals surface area contributed by atoms with E-state index < -0.39 is 9.84 Å². The van der Waals surface area contributed by atoms with E-state index in [0.29, 0.717) is 0 Å². The average Bonchev–Trinajstić information content (AvgIpc) is 2.53. The van der Waals surface area contributed by atoms with Crippen molar-refractivity contribution in [3.63, 3.8) is 0 Å². The number of halogens is 4. The van der Waals surface area contributed by atoms with Crippen molar-refractivity contribution >= 4 is 56.2 Å². The lowest BCUT2D eigenvalue weighted by Crippen LogP contribution is -2.03. The fourth-order valence-electron chi connectivity index (χ4n) is 1.81. The minimum absolute atomic E-state index is 0.168. The molecule has 0 aliphatic heterocycles. The summed E-state index contributed by atoms with van der Waals surface area (Å²) in [4.78, 5) is -0.539. The van der Waals surface area contributed by atoms with Gasteiger partial charge in [0.15, 0.2) is 11.5 Å². The molecule has 11 heteroatoms. The first kappa shape index (κ1) is 19.5. The number of benzene rings is 2. The number of ether oxygens (including phenoxy) is 2. The Labute approximate surface area is 162 Å². The highest BCUT2D eigenvalue weighted by molar-refractivity contribution is 7.91. The topological polar surface area (TPSA) is 100 Å². The number of sulfone groups is 1. The largest absolute Gasteiger partial charge is 0.385 e. The molecule has 0 aromatic heterocycles. The molecule has 0 atom stereocenters. The smallest absolute Gasteiger partial charge is 0.292 e. The standard InChI is InChI=1S/C14H4Cl4N2O4S/c15-9-1-7(2-10(16)13(9)23-5-19)25(21,22)8-3-11(17)14(24-6-20)12(18)4-8/h1-4H. The van der Waals surface area contributed by atoms with Gasteiger partial charge in [0.2, 0.25) is 9.84 Å². The van der Waals surface area contributed by atoms with E-state index in [-0.39, 0.29) is 41.4 Å². The zero-order chi connectivity index (χ0) is 18.8. The molecule has 0 saturated heterocycles. The summed E-state index contributed by atoms with van der Waals surface area (Å²) < 4.78 is 34.6. The van der Waals surface area contributed by atoms with Crippen LogP contribution in [0.15, 0.2) is 34.1 Å². The van der Waals surface area contributed by atoms with E-state index in [1.807, 2.05) is 0 Å². The van der Waals surface area contributed by atoms with Gasteiger partial charge in [-0.25, -0.2) is 8.42 Å². The Balaban J connectivity index is 2.61.